The van der Waals surface area contributed by atoms with Gasteiger partial charge in [0.2, 0.25) is 0 Å². The van der Waals surface area contributed by atoms with Gasteiger partial charge in [-0.1, -0.05) is 25.1 Å². The fraction of sp³-hybridized carbons (Fsp3) is 0.368. The fourth-order valence-corrected chi connectivity index (χ4v) is 3.69. The average molecular weight is 356 g/mol. The van der Waals surface area contributed by atoms with Crippen LogP contribution in [0.1, 0.15) is 28.9 Å². The number of fused-ring (bicyclic) bond motifs is 1. The average Bonchev–Trinajstić information content (AvgIpc) is 3.22. The summed E-state index contributed by atoms with van der Waals surface area (Å²) < 4.78 is 0. The number of nitrogens with zero attached hydrogens (tertiary/aromatic N) is 2. The zero-order valence-corrected chi connectivity index (χ0v) is 15.8. The van der Waals surface area contributed by atoms with E-state index in [1.54, 1.807) is 18.4 Å². The van der Waals surface area contributed by atoms with Crippen molar-refractivity contribution < 1.29 is 0 Å². The van der Waals surface area contributed by atoms with Crippen LogP contribution in [0.4, 0.5) is 0 Å². The molecule has 0 aliphatic rings. The highest BCUT2D eigenvalue weighted by Crippen LogP contribution is 2.21. The number of aromatic amines is 1. The minimum atomic E-state index is 0.697. The Morgan fingerprint density at radius 3 is 2.88 bits per heavy atom. The molecule has 0 atom stereocenters. The van der Waals surface area contributed by atoms with E-state index >= 15 is 0 Å². The van der Waals surface area contributed by atoms with Gasteiger partial charge in [0.15, 0.2) is 5.96 Å². The van der Waals surface area contributed by atoms with Gasteiger partial charge in [-0.15, -0.1) is 11.3 Å². The maximum absolute atomic E-state index is 4.57. The smallest absolute Gasteiger partial charge is 0.191 e. The normalized spacial score (nSPS) is 11.9. The molecule has 3 N–H and O–H groups in total. The monoisotopic (exact) mass is 355 g/mol. The number of aryl methyl sites for hydroxylation is 2. The number of guanidine groups is 1. The molecule has 2 heterocycles. The second-order valence-electron chi connectivity index (χ2n) is 5.96. The van der Waals surface area contributed by atoms with Crippen LogP contribution in [-0.4, -0.2) is 29.5 Å². The van der Waals surface area contributed by atoms with Gasteiger partial charge in [0.1, 0.15) is 0 Å². The molecular weight excluding hydrogens is 330 g/mol. The van der Waals surface area contributed by atoms with Crippen molar-refractivity contribution >= 4 is 28.2 Å². The van der Waals surface area contributed by atoms with Crippen LogP contribution in [-0.2, 0) is 19.4 Å². The molecule has 0 aliphatic heterocycles. The molecule has 2 aromatic heterocycles. The predicted molar refractivity (Wildman–Crippen MR) is 106 cm³/mol. The van der Waals surface area contributed by atoms with Crippen LogP contribution in [0.2, 0.25) is 0 Å². The van der Waals surface area contributed by atoms with Crippen LogP contribution in [0.15, 0.2) is 34.6 Å². The van der Waals surface area contributed by atoms with Gasteiger partial charge < -0.3 is 15.6 Å². The van der Waals surface area contributed by atoms with Crippen LogP contribution in [0.3, 0.4) is 0 Å². The molecule has 25 heavy (non-hydrogen) atoms. The van der Waals surface area contributed by atoms with Crippen molar-refractivity contribution in [3.8, 4) is 0 Å². The lowest BCUT2D eigenvalue weighted by molar-refractivity contribution is 0.784. The number of thiazole rings is 1. The Balaban J connectivity index is 1.53. The van der Waals surface area contributed by atoms with Crippen molar-refractivity contribution in [3.63, 3.8) is 0 Å². The van der Waals surface area contributed by atoms with Crippen molar-refractivity contribution in [1.82, 2.24) is 20.6 Å². The number of hydrogen-bond donors (Lipinski definition) is 3. The Labute approximate surface area is 152 Å². The highest BCUT2D eigenvalue weighted by atomic mass is 32.1. The molecule has 1 aromatic carbocycles. The number of aromatic nitrogens is 2. The molecule has 0 bridgehead atoms. The van der Waals surface area contributed by atoms with E-state index in [2.05, 4.69) is 69.1 Å². The first-order chi connectivity index (χ1) is 12.2. The van der Waals surface area contributed by atoms with Crippen LogP contribution in [0.5, 0.6) is 0 Å². The summed E-state index contributed by atoms with van der Waals surface area (Å²) in [6.07, 6.45) is 1.94. The van der Waals surface area contributed by atoms with E-state index < -0.39 is 0 Å². The third-order valence-electron chi connectivity index (χ3n) is 4.26. The lowest BCUT2D eigenvalue weighted by atomic mass is 10.1. The third-order valence-corrected chi connectivity index (χ3v) is 5.30. The van der Waals surface area contributed by atoms with Gasteiger partial charge in [0.25, 0.3) is 0 Å². The quantitative estimate of drug-likeness (QED) is 0.469. The summed E-state index contributed by atoms with van der Waals surface area (Å²) in [7, 11) is 1.80. The SMILES string of the molecule is CCc1nc(CNC(=NC)NCCc2c(C)[nH]c3ccccc23)cs1. The molecule has 3 aromatic rings. The Morgan fingerprint density at radius 2 is 2.12 bits per heavy atom. The molecule has 0 amide bonds. The zero-order chi connectivity index (χ0) is 17.6. The first kappa shape index (κ1) is 17.5. The van der Waals surface area contributed by atoms with E-state index in [1.807, 2.05) is 0 Å². The summed E-state index contributed by atoms with van der Waals surface area (Å²) >= 11 is 1.71. The van der Waals surface area contributed by atoms with Gasteiger partial charge in [-0.25, -0.2) is 4.98 Å². The van der Waals surface area contributed by atoms with Gasteiger partial charge in [-0.2, -0.15) is 0 Å². The minimum absolute atomic E-state index is 0.697. The van der Waals surface area contributed by atoms with Gasteiger partial charge in [-0.3, -0.25) is 4.99 Å². The van der Waals surface area contributed by atoms with Crippen molar-refractivity contribution in [1.29, 1.82) is 0 Å². The number of nitrogens with one attached hydrogen (secondary N) is 3. The number of H-pyrrole nitrogens is 1. The van der Waals surface area contributed by atoms with Crippen molar-refractivity contribution in [2.24, 2.45) is 4.99 Å². The lowest BCUT2D eigenvalue weighted by Crippen LogP contribution is -2.38. The minimum Gasteiger partial charge on any atom is -0.358 e. The maximum atomic E-state index is 4.57. The lowest BCUT2D eigenvalue weighted by Gasteiger charge is -2.11. The zero-order valence-electron chi connectivity index (χ0n) is 15.0. The molecule has 0 fully saturated rings. The van der Waals surface area contributed by atoms with Crippen LogP contribution in [0.25, 0.3) is 10.9 Å². The Morgan fingerprint density at radius 1 is 1.28 bits per heavy atom. The summed E-state index contributed by atoms with van der Waals surface area (Å²) in [4.78, 5) is 12.3. The van der Waals surface area contributed by atoms with Gasteiger partial charge in [0.05, 0.1) is 17.2 Å². The van der Waals surface area contributed by atoms with E-state index in [0.717, 1.165) is 31.0 Å². The van der Waals surface area contributed by atoms with Crippen molar-refractivity contribution in [2.75, 3.05) is 13.6 Å². The standard InChI is InChI=1S/C19H25N5S/c1-4-18-24-14(12-25-18)11-22-19(20-3)21-10-9-15-13(2)23-17-8-6-5-7-16(15)17/h5-8,12,23H,4,9-11H2,1-3H3,(H2,20,21,22). The Kier molecular flexibility index (Phi) is 5.71. The van der Waals surface area contributed by atoms with Crippen molar-refractivity contribution in [2.45, 2.75) is 33.2 Å². The molecule has 3 rings (SSSR count). The molecule has 132 valence electrons. The van der Waals surface area contributed by atoms with Gasteiger partial charge in [0, 0.05) is 35.6 Å². The maximum Gasteiger partial charge on any atom is 0.191 e. The van der Waals surface area contributed by atoms with E-state index in [0.29, 0.717) is 6.54 Å². The van der Waals surface area contributed by atoms with E-state index in [1.165, 1.54) is 27.2 Å². The third kappa shape index (κ3) is 4.20. The molecule has 0 saturated heterocycles. The van der Waals surface area contributed by atoms with E-state index in [4.69, 9.17) is 0 Å². The topological polar surface area (TPSA) is 65.1 Å². The molecule has 0 aliphatic carbocycles. The summed E-state index contributed by atoms with van der Waals surface area (Å²) in [5.74, 6) is 0.809. The molecule has 0 unspecified atom stereocenters. The first-order valence-electron chi connectivity index (χ1n) is 8.65. The number of hydrogen-bond acceptors (Lipinski definition) is 3. The number of para-hydroxylation sites is 1. The molecule has 0 radical (unpaired) electrons. The Hall–Kier alpha value is -2.34. The van der Waals surface area contributed by atoms with Gasteiger partial charge >= 0.3 is 0 Å². The molecular formula is C19H25N5S. The van der Waals surface area contributed by atoms with Crippen LogP contribution >= 0.6 is 11.3 Å². The van der Waals surface area contributed by atoms with Gasteiger partial charge in [-0.05, 0) is 31.4 Å². The molecule has 6 heteroatoms. The predicted octanol–water partition coefficient (Wildman–Crippen LogP) is 3.40. The van der Waals surface area contributed by atoms with Crippen LogP contribution in [0, 0.1) is 6.92 Å². The summed E-state index contributed by atoms with van der Waals surface area (Å²) in [5, 5.41) is 11.3. The van der Waals surface area contributed by atoms with Crippen LogP contribution < -0.4 is 10.6 Å². The largest absolute Gasteiger partial charge is 0.358 e. The highest BCUT2D eigenvalue weighted by Gasteiger charge is 2.08. The summed E-state index contributed by atoms with van der Waals surface area (Å²) in [6.45, 7) is 5.79. The molecule has 0 spiro atoms. The van der Waals surface area contributed by atoms with E-state index in [9.17, 15) is 0 Å². The molecule has 0 saturated carbocycles. The summed E-state index contributed by atoms with van der Waals surface area (Å²) in [5.41, 5.74) is 4.87. The molecule has 5 nitrogen and oxygen atoms in total. The number of aliphatic imine (C=N–C) groups is 1. The Bertz CT molecular complexity index is 862. The van der Waals surface area contributed by atoms with Crippen molar-refractivity contribution in [3.05, 3.63) is 51.6 Å². The second kappa shape index (κ2) is 8.16. The first-order valence-corrected chi connectivity index (χ1v) is 9.53. The van der Waals surface area contributed by atoms with E-state index in [-0.39, 0.29) is 0 Å². The summed E-state index contributed by atoms with van der Waals surface area (Å²) in [6, 6.07) is 8.45. The number of rotatable bonds is 6. The number of benzene rings is 1. The second-order valence-corrected chi connectivity index (χ2v) is 6.91. The fourth-order valence-electron chi connectivity index (χ4n) is 2.95. The highest BCUT2D eigenvalue weighted by molar-refractivity contribution is 7.09.